The predicted molar refractivity (Wildman–Crippen MR) is 115 cm³/mol. The molecular formula is C23H26FN5O. The lowest BCUT2D eigenvalue weighted by Gasteiger charge is -2.33. The summed E-state index contributed by atoms with van der Waals surface area (Å²) in [7, 11) is 1.94. The first-order valence-electron chi connectivity index (χ1n) is 10.4. The van der Waals surface area contributed by atoms with Crippen molar-refractivity contribution in [1.29, 1.82) is 0 Å². The molecule has 4 rings (SSSR count). The summed E-state index contributed by atoms with van der Waals surface area (Å²) in [4.78, 5) is 14.5. The molecule has 1 N–H and O–H groups in total. The van der Waals surface area contributed by atoms with E-state index in [1.165, 1.54) is 25.3 Å². The lowest BCUT2D eigenvalue weighted by molar-refractivity contribution is 0.102. The zero-order chi connectivity index (χ0) is 20.9. The fourth-order valence-electron chi connectivity index (χ4n) is 3.98. The molecule has 0 unspecified atom stereocenters. The van der Waals surface area contributed by atoms with Crippen LogP contribution in [0.5, 0.6) is 0 Å². The zero-order valence-electron chi connectivity index (χ0n) is 17.1. The van der Waals surface area contributed by atoms with E-state index in [0.29, 0.717) is 24.0 Å². The Morgan fingerprint density at radius 2 is 1.93 bits per heavy atom. The van der Waals surface area contributed by atoms with Crippen molar-refractivity contribution in [2.45, 2.75) is 44.7 Å². The zero-order valence-corrected chi connectivity index (χ0v) is 17.1. The number of anilines is 2. The van der Waals surface area contributed by atoms with Crippen LogP contribution in [-0.2, 0) is 6.54 Å². The van der Waals surface area contributed by atoms with E-state index in [0.717, 1.165) is 18.4 Å². The van der Waals surface area contributed by atoms with Crippen molar-refractivity contribution in [2.75, 3.05) is 17.3 Å². The van der Waals surface area contributed by atoms with Gasteiger partial charge in [-0.3, -0.25) is 4.79 Å². The second kappa shape index (κ2) is 9.07. The summed E-state index contributed by atoms with van der Waals surface area (Å²) in [6.07, 6.45) is 7.41. The monoisotopic (exact) mass is 407 g/mol. The third-order valence-corrected chi connectivity index (χ3v) is 5.67. The van der Waals surface area contributed by atoms with Crippen molar-refractivity contribution >= 4 is 17.3 Å². The Morgan fingerprint density at radius 1 is 1.17 bits per heavy atom. The maximum Gasteiger partial charge on any atom is 0.277 e. The summed E-state index contributed by atoms with van der Waals surface area (Å²) < 4.78 is 16.3. The van der Waals surface area contributed by atoms with Crippen LogP contribution in [0, 0.1) is 5.82 Å². The number of carbonyl (C=O) groups is 1. The van der Waals surface area contributed by atoms with Gasteiger partial charge >= 0.3 is 0 Å². The van der Waals surface area contributed by atoms with Gasteiger partial charge in [0.2, 0.25) is 0 Å². The fraction of sp³-hybridized carbons (Fsp3) is 0.348. The van der Waals surface area contributed by atoms with Crippen molar-refractivity contribution in [1.82, 2.24) is 15.0 Å². The molecule has 0 bridgehead atoms. The van der Waals surface area contributed by atoms with E-state index in [-0.39, 0.29) is 11.5 Å². The summed E-state index contributed by atoms with van der Waals surface area (Å²) in [5.74, 6) is -0.754. The summed E-state index contributed by atoms with van der Waals surface area (Å²) in [5.41, 5.74) is 2.22. The fourth-order valence-corrected chi connectivity index (χ4v) is 3.98. The lowest BCUT2D eigenvalue weighted by Crippen LogP contribution is -2.33. The lowest BCUT2D eigenvalue weighted by atomic mass is 9.94. The quantitative estimate of drug-likeness (QED) is 0.654. The van der Waals surface area contributed by atoms with Gasteiger partial charge in [0.25, 0.3) is 5.91 Å². The number of hydrogen-bond acceptors (Lipinski definition) is 4. The minimum absolute atomic E-state index is 0.190. The van der Waals surface area contributed by atoms with Crippen molar-refractivity contribution < 1.29 is 9.18 Å². The van der Waals surface area contributed by atoms with Crippen LogP contribution in [0.1, 0.15) is 48.2 Å². The molecule has 1 amide bonds. The van der Waals surface area contributed by atoms with Gasteiger partial charge in [0, 0.05) is 18.8 Å². The number of benzene rings is 2. The molecule has 0 spiro atoms. The molecule has 0 saturated heterocycles. The molecule has 1 heterocycles. The Bertz CT molecular complexity index is 998. The van der Waals surface area contributed by atoms with Gasteiger partial charge in [-0.05, 0) is 36.6 Å². The Hall–Kier alpha value is -3.22. The van der Waals surface area contributed by atoms with E-state index in [4.69, 9.17) is 0 Å². The first-order valence-corrected chi connectivity index (χ1v) is 10.4. The predicted octanol–water partition coefficient (Wildman–Crippen LogP) is 4.49. The summed E-state index contributed by atoms with van der Waals surface area (Å²) >= 11 is 0. The Labute approximate surface area is 175 Å². The van der Waals surface area contributed by atoms with Gasteiger partial charge in [0.1, 0.15) is 5.82 Å². The SMILES string of the molecule is CN(c1ccc(NC(=O)c2cn(Cc3ccccc3)nn2)cc1F)C1CCCCC1. The summed E-state index contributed by atoms with van der Waals surface area (Å²) in [6.45, 7) is 0.526. The number of nitrogens with one attached hydrogen (secondary N) is 1. The van der Waals surface area contributed by atoms with Crippen LogP contribution < -0.4 is 10.2 Å². The molecule has 3 aromatic rings. The molecule has 2 aromatic carbocycles. The maximum atomic E-state index is 14.7. The average molecular weight is 407 g/mol. The highest BCUT2D eigenvalue weighted by molar-refractivity contribution is 6.02. The molecule has 1 fully saturated rings. The van der Waals surface area contributed by atoms with E-state index in [2.05, 4.69) is 15.6 Å². The number of nitrogens with zero attached hydrogens (tertiary/aromatic N) is 4. The van der Waals surface area contributed by atoms with E-state index in [1.807, 2.05) is 42.3 Å². The van der Waals surface area contributed by atoms with Crippen LogP contribution in [0.4, 0.5) is 15.8 Å². The summed E-state index contributed by atoms with van der Waals surface area (Å²) in [6, 6.07) is 15.0. The first kappa shape index (κ1) is 20.1. The highest BCUT2D eigenvalue weighted by Gasteiger charge is 2.21. The minimum Gasteiger partial charge on any atom is -0.369 e. The normalized spacial score (nSPS) is 14.5. The molecule has 1 saturated carbocycles. The topological polar surface area (TPSA) is 63.1 Å². The van der Waals surface area contributed by atoms with Crippen molar-refractivity contribution in [3.63, 3.8) is 0 Å². The number of hydrogen-bond donors (Lipinski definition) is 1. The van der Waals surface area contributed by atoms with Gasteiger partial charge in [0.05, 0.1) is 18.4 Å². The maximum absolute atomic E-state index is 14.7. The minimum atomic E-state index is -0.415. The van der Waals surface area contributed by atoms with Gasteiger partial charge in [-0.1, -0.05) is 54.8 Å². The van der Waals surface area contributed by atoms with E-state index in [1.54, 1.807) is 23.0 Å². The molecule has 7 heteroatoms. The standard InChI is InChI=1S/C23H26FN5O/c1-28(19-10-6-3-7-11-19)22-13-12-18(14-20(22)24)25-23(30)21-16-29(27-26-21)15-17-8-4-2-5-9-17/h2,4-5,8-9,12-14,16,19H,3,6-7,10-11,15H2,1H3,(H,25,30). The molecule has 0 radical (unpaired) electrons. The highest BCUT2D eigenvalue weighted by Crippen LogP contribution is 2.29. The molecule has 1 aliphatic carbocycles. The van der Waals surface area contributed by atoms with Crippen LogP contribution in [0.25, 0.3) is 0 Å². The average Bonchev–Trinajstić information content (AvgIpc) is 3.23. The van der Waals surface area contributed by atoms with Crippen LogP contribution in [0.3, 0.4) is 0 Å². The number of rotatable bonds is 6. The third kappa shape index (κ3) is 4.67. The Kier molecular flexibility index (Phi) is 6.07. The second-order valence-electron chi connectivity index (χ2n) is 7.81. The number of aromatic nitrogens is 3. The molecule has 1 aromatic heterocycles. The molecule has 30 heavy (non-hydrogen) atoms. The van der Waals surface area contributed by atoms with Crippen LogP contribution in [-0.4, -0.2) is 34.0 Å². The number of amides is 1. The second-order valence-corrected chi connectivity index (χ2v) is 7.81. The third-order valence-electron chi connectivity index (χ3n) is 5.67. The van der Waals surface area contributed by atoms with Gasteiger partial charge in [-0.2, -0.15) is 0 Å². The molecule has 0 atom stereocenters. The first-order chi connectivity index (χ1) is 14.6. The van der Waals surface area contributed by atoms with E-state index in [9.17, 15) is 9.18 Å². The molecule has 0 aliphatic heterocycles. The van der Waals surface area contributed by atoms with Gasteiger partial charge < -0.3 is 10.2 Å². The van der Waals surface area contributed by atoms with Crippen molar-refractivity contribution in [2.24, 2.45) is 0 Å². The smallest absolute Gasteiger partial charge is 0.277 e. The number of carbonyl (C=O) groups excluding carboxylic acids is 1. The van der Waals surface area contributed by atoms with Crippen LogP contribution in [0.2, 0.25) is 0 Å². The molecule has 1 aliphatic rings. The molecular weight excluding hydrogens is 381 g/mol. The number of halogens is 1. The summed E-state index contributed by atoms with van der Waals surface area (Å²) in [5, 5.41) is 10.7. The van der Waals surface area contributed by atoms with Crippen LogP contribution in [0.15, 0.2) is 54.7 Å². The van der Waals surface area contributed by atoms with Gasteiger partial charge in [-0.25, -0.2) is 9.07 Å². The Morgan fingerprint density at radius 3 is 2.67 bits per heavy atom. The Balaban J connectivity index is 1.40. The van der Waals surface area contributed by atoms with Crippen molar-refractivity contribution in [3.8, 4) is 0 Å². The van der Waals surface area contributed by atoms with Gasteiger partial charge in [0.15, 0.2) is 5.69 Å². The van der Waals surface area contributed by atoms with Crippen LogP contribution >= 0.6 is 0 Å². The van der Waals surface area contributed by atoms with Gasteiger partial charge in [-0.15, -0.1) is 5.10 Å². The molecule has 6 nitrogen and oxygen atoms in total. The van der Waals surface area contributed by atoms with Crippen molar-refractivity contribution in [3.05, 3.63) is 71.8 Å². The van der Waals surface area contributed by atoms with E-state index >= 15 is 0 Å². The van der Waals surface area contributed by atoms with E-state index < -0.39 is 5.91 Å². The molecule has 156 valence electrons. The highest BCUT2D eigenvalue weighted by atomic mass is 19.1. The largest absolute Gasteiger partial charge is 0.369 e.